The van der Waals surface area contributed by atoms with Gasteiger partial charge in [-0.3, -0.25) is 0 Å². The average molecular weight is 220 g/mol. The number of hydrogen-bond acceptors (Lipinski definition) is 1. The first kappa shape index (κ1) is 11.2. The zero-order valence-electron chi connectivity index (χ0n) is 10.2. The summed E-state index contributed by atoms with van der Waals surface area (Å²) in [5, 5.41) is 0.606. The Morgan fingerprint density at radius 3 is 2.31 bits per heavy atom. The van der Waals surface area contributed by atoms with Crippen LogP contribution in [0.3, 0.4) is 0 Å². The van der Waals surface area contributed by atoms with Crippen LogP contribution in [-0.2, 0) is 0 Å². The quantitative estimate of drug-likeness (QED) is 0.707. The summed E-state index contributed by atoms with van der Waals surface area (Å²) in [4.78, 5) is 0. The van der Waals surface area contributed by atoms with Gasteiger partial charge in [-0.15, -0.1) is 0 Å². The van der Waals surface area contributed by atoms with Crippen LogP contribution >= 0.6 is 0 Å². The van der Waals surface area contributed by atoms with E-state index in [2.05, 4.69) is 33.8 Å². The summed E-state index contributed by atoms with van der Waals surface area (Å²) in [5.74, 6) is 0.474. The number of benzene rings is 1. The van der Waals surface area contributed by atoms with Gasteiger partial charge in [0.25, 0.3) is 0 Å². The van der Waals surface area contributed by atoms with Crippen LogP contribution in [0, 0.1) is 5.82 Å². The van der Waals surface area contributed by atoms with Crippen molar-refractivity contribution in [3.05, 3.63) is 35.3 Å². The lowest BCUT2D eigenvalue weighted by Gasteiger charge is -2.11. The third kappa shape index (κ3) is 1.73. The molecule has 0 aliphatic heterocycles. The normalized spacial score (nSPS) is 11.9. The van der Waals surface area contributed by atoms with Gasteiger partial charge in [0.15, 0.2) is 5.82 Å². The molecule has 0 N–H and O–H groups in total. The summed E-state index contributed by atoms with van der Waals surface area (Å²) in [6.07, 6.45) is 1.20. The van der Waals surface area contributed by atoms with Crippen LogP contribution in [0.15, 0.2) is 22.8 Å². The van der Waals surface area contributed by atoms with Crippen LogP contribution in [0.25, 0.3) is 11.0 Å². The van der Waals surface area contributed by atoms with Crippen LogP contribution in [0.5, 0.6) is 0 Å². The molecule has 0 saturated heterocycles. The monoisotopic (exact) mass is 220 g/mol. The molecular weight excluding hydrogens is 203 g/mol. The van der Waals surface area contributed by atoms with E-state index in [1.165, 1.54) is 6.26 Å². The van der Waals surface area contributed by atoms with E-state index in [1.807, 2.05) is 6.07 Å². The Balaban J connectivity index is 2.75. The van der Waals surface area contributed by atoms with E-state index in [1.54, 1.807) is 0 Å². The standard InChI is InChI=1S/C14H17FO/c1-8(2)10-5-11(9(3)4)14-12(6-10)13(15)7-16-14/h5-9H,1-4H3. The minimum Gasteiger partial charge on any atom is -0.461 e. The van der Waals surface area contributed by atoms with Gasteiger partial charge in [-0.2, -0.15) is 0 Å². The molecule has 2 heteroatoms. The largest absolute Gasteiger partial charge is 0.461 e. The van der Waals surface area contributed by atoms with E-state index >= 15 is 0 Å². The molecule has 0 fully saturated rings. The van der Waals surface area contributed by atoms with E-state index in [-0.39, 0.29) is 5.82 Å². The van der Waals surface area contributed by atoms with Crippen molar-refractivity contribution in [2.24, 2.45) is 0 Å². The molecule has 1 aromatic heterocycles. The van der Waals surface area contributed by atoms with E-state index in [9.17, 15) is 4.39 Å². The van der Waals surface area contributed by atoms with Crippen molar-refractivity contribution in [2.75, 3.05) is 0 Å². The van der Waals surface area contributed by atoms with Gasteiger partial charge in [0.1, 0.15) is 11.8 Å². The van der Waals surface area contributed by atoms with Crippen LogP contribution in [0.1, 0.15) is 50.7 Å². The van der Waals surface area contributed by atoms with Crippen molar-refractivity contribution in [2.45, 2.75) is 39.5 Å². The van der Waals surface area contributed by atoms with Gasteiger partial charge in [0.05, 0.1) is 5.39 Å². The number of halogens is 1. The number of furan rings is 1. The van der Waals surface area contributed by atoms with Crippen molar-refractivity contribution in [3.63, 3.8) is 0 Å². The summed E-state index contributed by atoms with van der Waals surface area (Å²) < 4.78 is 18.8. The maximum atomic E-state index is 13.5. The SMILES string of the molecule is CC(C)c1cc(C(C)C)c2occ(F)c2c1. The highest BCUT2D eigenvalue weighted by molar-refractivity contribution is 5.82. The minimum absolute atomic E-state index is 0.264. The predicted molar refractivity (Wildman–Crippen MR) is 64.4 cm³/mol. The highest BCUT2D eigenvalue weighted by Crippen LogP contribution is 2.32. The summed E-state index contributed by atoms with van der Waals surface area (Å²) in [6.45, 7) is 8.42. The number of rotatable bonds is 2. The molecular formula is C14H17FO. The highest BCUT2D eigenvalue weighted by Gasteiger charge is 2.15. The summed E-state index contributed by atoms with van der Waals surface area (Å²) in [7, 11) is 0. The van der Waals surface area contributed by atoms with Crippen molar-refractivity contribution in [1.29, 1.82) is 0 Å². The molecule has 0 amide bonds. The Morgan fingerprint density at radius 1 is 1.06 bits per heavy atom. The predicted octanol–water partition coefficient (Wildman–Crippen LogP) is 4.82. The average Bonchev–Trinajstić information content (AvgIpc) is 2.59. The van der Waals surface area contributed by atoms with E-state index < -0.39 is 0 Å². The molecule has 1 heterocycles. The topological polar surface area (TPSA) is 13.1 Å². The van der Waals surface area contributed by atoms with Crippen LogP contribution < -0.4 is 0 Å². The van der Waals surface area contributed by atoms with Gasteiger partial charge in [-0.1, -0.05) is 33.8 Å². The molecule has 16 heavy (non-hydrogen) atoms. The van der Waals surface area contributed by atoms with E-state index in [0.29, 0.717) is 22.8 Å². The molecule has 0 spiro atoms. The van der Waals surface area contributed by atoms with Crippen LogP contribution in [-0.4, -0.2) is 0 Å². The fourth-order valence-electron chi connectivity index (χ4n) is 1.92. The number of hydrogen-bond donors (Lipinski definition) is 0. The number of fused-ring (bicyclic) bond motifs is 1. The van der Waals surface area contributed by atoms with Gasteiger partial charge in [-0.05, 0) is 29.0 Å². The molecule has 2 aromatic rings. The fourth-order valence-corrected chi connectivity index (χ4v) is 1.92. The molecule has 0 saturated carbocycles. The van der Waals surface area contributed by atoms with Crippen LogP contribution in [0.4, 0.5) is 4.39 Å². The lowest BCUT2D eigenvalue weighted by molar-refractivity contribution is 0.555. The zero-order valence-corrected chi connectivity index (χ0v) is 10.2. The Morgan fingerprint density at radius 2 is 1.75 bits per heavy atom. The fraction of sp³-hybridized carbons (Fsp3) is 0.429. The van der Waals surface area contributed by atoms with Gasteiger partial charge in [0, 0.05) is 0 Å². The third-order valence-electron chi connectivity index (χ3n) is 2.97. The van der Waals surface area contributed by atoms with Crippen molar-refractivity contribution in [1.82, 2.24) is 0 Å². The second-order valence-corrected chi connectivity index (χ2v) is 4.88. The smallest absolute Gasteiger partial charge is 0.169 e. The summed E-state index contributed by atoms with van der Waals surface area (Å²) in [5.41, 5.74) is 2.94. The Labute approximate surface area is 95.3 Å². The molecule has 0 unspecified atom stereocenters. The Kier molecular flexibility index (Phi) is 2.75. The first-order valence-electron chi connectivity index (χ1n) is 5.71. The minimum atomic E-state index is -0.264. The third-order valence-corrected chi connectivity index (χ3v) is 2.97. The lowest BCUT2D eigenvalue weighted by atomic mass is 9.94. The molecule has 0 bridgehead atoms. The van der Waals surface area contributed by atoms with Crippen molar-refractivity contribution >= 4 is 11.0 Å². The first-order chi connectivity index (χ1) is 7.50. The molecule has 1 nitrogen and oxygen atoms in total. The maximum absolute atomic E-state index is 13.5. The van der Waals surface area contributed by atoms with Gasteiger partial charge >= 0.3 is 0 Å². The molecule has 86 valence electrons. The molecule has 0 radical (unpaired) electrons. The summed E-state index contributed by atoms with van der Waals surface area (Å²) in [6, 6.07) is 4.02. The van der Waals surface area contributed by atoms with Gasteiger partial charge in [0.2, 0.25) is 0 Å². The maximum Gasteiger partial charge on any atom is 0.169 e. The molecule has 0 aliphatic rings. The highest BCUT2D eigenvalue weighted by atomic mass is 19.1. The molecule has 0 aliphatic carbocycles. The van der Waals surface area contributed by atoms with Crippen molar-refractivity contribution in [3.8, 4) is 0 Å². The first-order valence-corrected chi connectivity index (χ1v) is 5.71. The lowest BCUT2D eigenvalue weighted by Crippen LogP contribution is -1.94. The Bertz CT molecular complexity index is 509. The zero-order chi connectivity index (χ0) is 11.9. The van der Waals surface area contributed by atoms with Gasteiger partial charge in [-0.25, -0.2) is 4.39 Å². The molecule has 0 atom stereocenters. The van der Waals surface area contributed by atoms with Gasteiger partial charge < -0.3 is 4.42 Å². The Hall–Kier alpha value is -1.31. The summed E-state index contributed by atoms with van der Waals surface area (Å²) >= 11 is 0. The van der Waals surface area contributed by atoms with E-state index in [0.717, 1.165) is 11.1 Å². The molecule has 1 aromatic carbocycles. The van der Waals surface area contributed by atoms with Crippen molar-refractivity contribution < 1.29 is 8.81 Å². The second kappa shape index (κ2) is 3.93. The second-order valence-electron chi connectivity index (χ2n) is 4.88. The molecule has 2 rings (SSSR count). The van der Waals surface area contributed by atoms with E-state index in [4.69, 9.17) is 4.42 Å². The van der Waals surface area contributed by atoms with Crippen LogP contribution in [0.2, 0.25) is 0 Å².